The van der Waals surface area contributed by atoms with Gasteiger partial charge in [-0.1, -0.05) is 11.8 Å². The van der Waals surface area contributed by atoms with E-state index in [9.17, 15) is 4.79 Å². The number of aromatic nitrogens is 4. The van der Waals surface area contributed by atoms with Crippen LogP contribution in [-0.2, 0) is 7.05 Å². The van der Waals surface area contributed by atoms with Crippen molar-refractivity contribution in [1.29, 1.82) is 0 Å². The molecule has 7 nitrogen and oxygen atoms in total. The zero-order chi connectivity index (χ0) is 15.5. The van der Waals surface area contributed by atoms with Crippen LogP contribution in [0.15, 0.2) is 17.4 Å². The average molecular weight is 338 g/mol. The number of carbonyl (C=O) groups excluding carboxylic acids is 1. The van der Waals surface area contributed by atoms with Gasteiger partial charge in [0.15, 0.2) is 0 Å². The van der Waals surface area contributed by atoms with Crippen LogP contribution in [0.1, 0.15) is 24.5 Å². The summed E-state index contributed by atoms with van der Waals surface area (Å²) >= 11 is 2.68. The molecule has 0 aliphatic carbocycles. The molecule has 0 unspecified atom stereocenters. The average Bonchev–Trinajstić information content (AvgIpc) is 3.16. The predicted octanol–water partition coefficient (Wildman–Crippen LogP) is 2.41. The second kappa shape index (κ2) is 6.66. The normalized spacial score (nSPS) is 16.0. The van der Waals surface area contributed by atoms with Crippen LogP contribution in [0.4, 0.5) is 9.93 Å². The quantitative estimate of drug-likeness (QED) is 0.870. The topological polar surface area (TPSA) is 75.9 Å². The molecule has 2 aromatic heterocycles. The summed E-state index contributed by atoms with van der Waals surface area (Å²) in [6.45, 7) is 1.49. The van der Waals surface area contributed by atoms with Crippen LogP contribution in [0, 0.1) is 0 Å². The van der Waals surface area contributed by atoms with Gasteiger partial charge in [0.1, 0.15) is 0 Å². The second-order valence-corrected chi connectivity index (χ2v) is 6.68. The molecule has 2 amide bonds. The molecule has 0 bridgehead atoms. The molecule has 1 N–H and O–H groups in total. The van der Waals surface area contributed by atoms with Gasteiger partial charge in [-0.25, -0.2) is 4.79 Å². The number of anilines is 1. The summed E-state index contributed by atoms with van der Waals surface area (Å²) in [5.41, 5.74) is 1.24. The van der Waals surface area contributed by atoms with Gasteiger partial charge < -0.3 is 4.90 Å². The highest BCUT2D eigenvalue weighted by molar-refractivity contribution is 7.98. The number of hydrogen-bond donors (Lipinski definition) is 1. The maximum absolute atomic E-state index is 12.3. The number of likely N-dealkylation sites (tertiary alicyclic amines) is 1. The van der Waals surface area contributed by atoms with Gasteiger partial charge in [-0.3, -0.25) is 10.00 Å². The number of nitrogens with zero attached hydrogens (tertiary/aromatic N) is 5. The number of urea groups is 1. The Kier molecular flexibility index (Phi) is 4.63. The Morgan fingerprint density at radius 2 is 2.23 bits per heavy atom. The van der Waals surface area contributed by atoms with Crippen molar-refractivity contribution >= 4 is 34.5 Å². The number of hydrogen-bond acceptors (Lipinski definition) is 6. The van der Waals surface area contributed by atoms with Gasteiger partial charge in [0.05, 0.1) is 0 Å². The summed E-state index contributed by atoms with van der Waals surface area (Å²) in [5, 5.41) is 8.30. The highest BCUT2D eigenvalue weighted by Crippen LogP contribution is 2.28. The minimum atomic E-state index is -0.0905. The maximum Gasteiger partial charge on any atom is 0.323 e. The molecule has 3 rings (SSSR count). The summed E-state index contributed by atoms with van der Waals surface area (Å²) in [7, 11) is 1.97. The minimum Gasteiger partial charge on any atom is -0.324 e. The predicted molar refractivity (Wildman–Crippen MR) is 87.5 cm³/mol. The fraction of sp³-hybridized carbons (Fsp3) is 0.538. The molecule has 1 fully saturated rings. The summed E-state index contributed by atoms with van der Waals surface area (Å²) in [6.07, 6.45) is 5.66. The lowest BCUT2D eigenvalue weighted by molar-refractivity contribution is 0.193. The van der Waals surface area contributed by atoms with E-state index in [1.165, 1.54) is 29.0 Å². The molecule has 0 atom stereocenters. The number of piperidine rings is 1. The van der Waals surface area contributed by atoms with Gasteiger partial charge >= 0.3 is 6.03 Å². The zero-order valence-electron chi connectivity index (χ0n) is 12.5. The number of rotatable bonds is 3. The Labute approximate surface area is 137 Å². The molecule has 9 heteroatoms. The Morgan fingerprint density at radius 1 is 1.45 bits per heavy atom. The standard InChI is InChI=1S/C13H18N6OS2/c1-18-10(3-6-14-18)9-4-7-19(8-5-9)13(20)16-11-15-12(21-2)17-22-11/h3,6,9H,4-5,7-8H2,1-2H3,(H,15,16,17,20). The van der Waals surface area contributed by atoms with E-state index in [0.29, 0.717) is 16.2 Å². The Bertz CT molecular complexity index is 647. The van der Waals surface area contributed by atoms with Crippen molar-refractivity contribution < 1.29 is 4.79 Å². The summed E-state index contributed by atoms with van der Waals surface area (Å²) in [5.74, 6) is 0.473. The SMILES string of the molecule is CSc1nsc(NC(=O)N2CCC(c3ccnn3C)CC2)n1. The Balaban J connectivity index is 1.54. The first-order valence-electron chi connectivity index (χ1n) is 7.09. The van der Waals surface area contributed by atoms with E-state index in [2.05, 4.69) is 25.8 Å². The lowest BCUT2D eigenvalue weighted by atomic mass is 9.93. The van der Waals surface area contributed by atoms with E-state index in [0.717, 1.165) is 25.9 Å². The van der Waals surface area contributed by atoms with Crippen molar-refractivity contribution in [2.24, 2.45) is 7.05 Å². The molecule has 0 spiro atoms. The molecule has 1 aliphatic heterocycles. The molecule has 3 heterocycles. The maximum atomic E-state index is 12.3. The molecule has 2 aromatic rings. The first-order chi connectivity index (χ1) is 10.7. The third-order valence-electron chi connectivity index (χ3n) is 3.86. The van der Waals surface area contributed by atoms with Crippen LogP contribution in [0.3, 0.4) is 0 Å². The number of aryl methyl sites for hydroxylation is 1. The van der Waals surface area contributed by atoms with Crippen molar-refractivity contribution in [3.8, 4) is 0 Å². The van der Waals surface area contributed by atoms with Crippen molar-refractivity contribution in [1.82, 2.24) is 24.0 Å². The second-order valence-electron chi connectivity index (χ2n) is 5.16. The van der Waals surface area contributed by atoms with Crippen LogP contribution in [0.25, 0.3) is 0 Å². The van der Waals surface area contributed by atoms with E-state index >= 15 is 0 Å². The number of nitrogens with one attached hydrogen (secondary N) is 1. The van der Waals surface area contributed by atoms with Gasteiger partial charge in [-0.05, 0) is 25.2 Å². The Morgan fingerprint density at radius 3 is 2.82 bits per heavy atom. The molecular weight excluding hydrogens is 320 g/mol. The molecule has 0 saturated carbocycles. The van der Waals surface area contributed by atoms with Crippen molar-refractivity contribution in [3.63, 3.8) is 0 Å². The molecule has 0 aromatic carbocycles. The monoisotopic (exact) mass is 338 g/mol. The van der Waals surface area contributed by atoms with Crippen molar-refractivity contribution in [2.45, 2.75) is 23.9 Å². The van der Waals surface area contributed by atoms with Crippen LogP contribution >= 0.6 is 23.3 Å². The summed E-state index contributed by atoms with van der Waals surface area (Å²) < 4.78 is 6.06. The fourth-order valence-corrected chi connectivity index (χ4v) is 3.79. The number of amides is 2. The van der Waals surface area contributed by atoms with E-state index in [1.54, 1.807) is 0 Å². The smallest absolute Gasteiger partial charge is 0.323 e. The molecule has 118 valence electrons. The van der Waals surface area contributed by atoms with Crippen molar-refractivity contribution in [2.75, 3.05) is 24.7 Å². The van der Waals surface area contributed by atoms with E-state index in [4.69, 9.17) is 0 Å². The zero-order valence-corrected chi connectivity index (χ0v) is 14.2. The minimum absolute atomic E-state index is 0.0905. The Hall–Kier alpha value is -1.61. The summed E-state index contributed by atoms with van der Waals surface area (Å²) in [4.78, 5) is 18.3. The first kappa shape index (κ1) is 15.3. The van der Waals surface area contributed by atoms with Gasteiger partial charge in [-0.2, -0.15) is 14.5 Å². The molecular formula is C13H18N6OS2. The van der Waals surface area contributed by atoms with Crippen molar-refractivity contribution in [3.05, 3.63) is 18.0 Å². The number of thioether (sulfide) groups is 1. The van der Waals surface area contributed by atoms with Gasteiger partial charge in [0.25, 0.3) is 0 Å². The van der Waals surface area contributed by atoms with Crippen LogP contribution < -0.4 is 5.32 Å². The van der Waals surface area contributed by atoms with E-state index in [1.807, 2.05) is 29.1 Å². The van der Waals surface area contributed by atoms with Crippen LogP contribution in [0.2, 0.25) is 0 Å². The van der Waals surface area contributed by atoms with E-state index < -0.39 is 0 Å². The highest BCUT2D eigenvalue weighted by Gasteiger charge is 2.25. The largest absolute Gasteiger partial charge is 0.324 e. The lowest BCUT2D eigenvalue weighted by Gasteiger charge is -2.31. The third kappa shape index (κ3) is 3.25. The first-order valence-corrected chi connectivity index (χ1v) is 9.08. The molecule has 1 aliphatic rings. The lowest BCUT2D eigenvalue weighted by Crippen LogP contribution is -2.40. The molecule has 1 saturated heterocycles. The van der Waals surface area contributed by atoms with Gasteiger partial charge in [-0.15, -0.1) is 0 Å². The third-order valence-corrected chi connectivity index (χ3v) is 5.16. The van der Waals surface area contributed by atoms with Crippen LogP contribution in [-0.4, -0.2) is 49.4 Å². The van der Waals surface area contributed by atoms with Gasteiger partial charge in [0.2, 0.25) is 10.3 Å². The molecule has 22 heavy (non-hydrogen) atoms. The van der Waals surface area contributed by atoms with E-state index in [-0.39, 0.29) is 6.03 Å². The molecule has 0 radical (unpaired) electrons. The summed E-state index contributed by atoms with van der Waals surface area (Å²) in [6, 6.07) is 1.97. The van der Waals surface area contributed by atoms with Crippen LogP contribution in [0.5, 0.6) is 0 Å². The number of carbonyl (C=O) groups is 1. The van der Waals surface area contributed by atoms with Gasteiger partial charge in [0, 0.05) is 49.5 Å². The fourth-order valence-electron chi connectivity index (χ4n) is 2.68. The highest BCUT2D eigenvalue weighted by atomic mass is 32.2.